The highest BCUT2D eigenvalue weighted by atomic mass is 35.5. The van der Waals surface area contributed by atoms with Crippen molar-refractivity contribution in [2.24, 2.45) is 12.8 Å². The molecule has 0 bridgehead atoms. The zero-order valence-corrected chi connectivity index (χ0v) is 18.4. The molecular weight excluding hydrogens is 467 g/mol. The minimum absolute atomic E-state index is 0.0173. The molecule has 2 N–H and O–H groups in total. The van der Waals surface area contributed by atoms with Gasteiger partial charge in [-0.3, -0.25) is 0 Å². The summed E-state index contributed by atoms with van der Waals surface area (Å²) in [5, 5.41) is 10.1. The van der Waals surface area contributed by atoms with Crippen LogP contribution in [0.2, 0.25) is 5.02 Å². The van der Waals surface area contributed by atoms with Gasteiger partial charge in [-0.25, -0.2) is 13.9 Å². The van der Waals surface area contributed by atoms with Crippen LogP contribution in [0.1, 0.15) is 18.4 Å². The van der Waals surface area contributed by atoms with Crippen LogP contribution in [0.4, 0.5) is 17.3 Å². The molecule has 1 unspecified atom stereocenters. The number of esters is 1. The molecule has 2 aromatic rings. The molecule has 1 aliphatic heterocycles. The van der Waals surface area contributed by atoms with Crippen LogP contribution in [0.5, 0.6) is 0 Å². The molecule has 7 nitrogen and oxygen atoms in total. The van der Waals surface area contributed by atoms with Crippen LogP contribution in [0.15, 0.2) is 65.8 Å². The Morgan fingerprint density at radius 3 is 2.45 bits per heavy atom. The van der Waals surface area contributed by atoms with E-state index in [0.717, 1.165) is 0 Å². The SMILES string of the molecule is CC1=C(C(=O)OCCn2cc[n+](C)c2)C(c2ccc(Cl)cc2)C(C#N)=C(N)O1.F[B-](F)(F)F. The van der Waals surface area contributed by atoms with E-state index in [9.17, 15) is 27.3 Å². The minimum Gasteiger partial charge on any atom is -0.458 e. The lowest BCUT2D eigenvalue weighted by Gasteiger charge is -2.26. The Labute approximate surface area is 192 Å². The third-order valence-corrected chi connectivity index (χ3v) is 4.69. The van der Waals surface area contributed by atoms with Crippen molar-refractivity contribution < 1.29 is 36.1 Å². The average molecular weight is 487 g/mol. The summed E-state index contributed by atoms with van der Waals surface area (Å²) in [5.41, 5.74) is 7.02. The van der Waals surface area contributed by atoms with Crippen molar-refractivity contribution in [1.29, 1.82) is 5.26 Å². The number of nitrogens with two attached hydrogens (primary N) is 1. The molecule has 0 radical (unpaired) electrons. The van der Waals surface area contributed by atoms with Gasteiger partial charge in [-0.2, -0.15) is 5.26 Å². The maximum absolute atomic E-state index is 12.8. The fraction of sp³-hybridized carbons (Fsp3) is 0.250. The van der Waals surface area contributed by atoms with Gasteiger partial charge in [0, 0.05) is 5.02 Å². The number of aryl methyl sites for hydroxylation is 1. The van der Waals surface area contributed by atoms with E-state index in [1.165, 1.54) is 0 Å². The predicted molar refractivity (Wildman–Crippen MR) is 112 cm³/mol. The van der Waals surface area contributed by atoms with Crippen LogP contribution in [0.3, 0.4) is 0 Å². The van der Waals surface area contributed by atoms with E-state index < -0.39 is 19.1 Å². The average Bonchev–Trinajstić information content (AvgIpc) is 3.12. The number of hydrogen-bond acceptors (Lipinski definition) is 5. The third kappa shape index (κ3) is 7.57. The number of hydrogen-bond donors (Lipinski definition) is 1. The molecule has 1 atom stereocenters. The van der Waals surface area contributed by atoms with Gasteiger partial charge in [0.2, 0.25) is 12.2 Å². The number of allylic oxidation sites excluding steroid dienone is 2. The minimum atomic E-state index is -6.00. The van der Waals surface area contributed by atoms with Crippen molar-refractivity contribution in [2.45, 2.75) is 19.4 Å². The molecule has 0 saturated heterocycles. The van der Waals surface area contributed by atoms with E-state index in [4.69, 9.17) is 26.8 Å². The van der Waals surface area contributed by atoms with Crippen LogP contribution in [0, 0.1) is 11.3 Å². The smallest absolute Gasteiger partial charge is 0.458 e. The first-order valence-corrected chi connectivity index (χ1v) is 9.87. The summed E-state index contributed by atoms with van der Waals surface area (Å²) in [5.74, 6) is -0.924. The Kier molecular flexibility index (Phi) is 8.53. The zero-order valence-electron chi connectivity index (χ0n) is 17.6. The Bertz CT molecular complexity index is 1100. The topological polar surface area (TPSA) is 94.2 Å². The summed E-state index contributed by atoms with van der Waals surface area (Å²) in [4.78, 5) is 12.8. The highest BCUT2D eigenvalue weighted by molar-refractivity contribution is 6.50. The van der Waals surface area contributed by atoms with E-state index in [1.807, 2.05) is 34.9 Å². The summed E-state index contributed by atoms with van der Waals surface area (Å²) < 4.78 is 53.7. The molecule has 0 amide bonds. The second kappa shape index (κ2) is 10.9. The van der Waals surface area contributed by atoms with Crippen molar-refractivity contribution in [3.05, 3.63) is 76.4 Å². The lowest BCUT2D eigenvalue weighted by atomic mass is 9.83. The molecule has 1 aromatic heterocycles. The molecule has 2 heterocycles. The van der Waals surface area contributed by atoms with Crippen LogP contribution >= 0.6 is 11.6 Å². The molecule has 13 heteroatoms. The van der Waals surface area contributed by atoms with Crippen molar-refractivity contribution in [3.8, 4) is 6.07 Å². The van der Waals surface area contributed by atoms with Gasteiger partial charge in [0.05, 0.1) is 18.5 Å². The molecule has 0 fully saturated rings. The number of aromatic nitrogens is 2. The first-order chi connectivity index (χ1) is 15.4. The number of imidazole rings is 1. The molecule has 1 aromatic carbocycles. The maximum Gasteiger partial charge on any atom is 0.673 e. The zero-order chi connectivity index (χ0) is 24.8. The molecule has 176 valence electrons. The van der Waals surface area contributed by atoms with E-state index in [2.05, 4.69) is 6.07 Å². The van der Waals surface area contributed by atoms with Gasteiger partial charge in [-0.15, -0.1) is 0 Å². The number of benzene rings is 1. The van der Waals surface area contributed by atoms with E-state index in [1.54, 1.807) is 31.2 Å². The Hall–Kier alpha value is -3.46. The summed E-state index contributed by atoms with van der Waals surface area (Å²) in [6.07, 6.45) is 5.67. The summed E-state index contributed by atoms with van der Waals surface area (Å²) in [6.45, 7) is 2.32. The second-order valence-electron chi connectivity index (χ2n) is 6.89. The molecule has 3 rings (SSSR count). The van der Waals surface area contributed by atoms with Crippen molar-refractivity contribution in [3.63, 3.8) is 0 Å². The molecule has 1 aliphatic rings. The molecule has 0 spiro atoms. The molecule has 0 saturated carbocycles. The number of rotatable bonds is 5. The number of nitrogens with zero attached hydrogens (tertiary/aromatic N) is 3. The molecule has 0 aliphatic carbocycles. The number of carbonyl (C=O) groups is 1. The van der Waals surface area contributed by atoms with Crippen molar-refractivity contribution >= 4 is 24.8 Å². The Balaban J connectivity index is 0.000000696. The monoisotopic (exact) mass is 486 g/mol. The summed E-state index contributed by atoms with van der Waals surface area (Å²) in [7, 11) is -4.09. The Morgan fingerprint density at radius 1 is 1.33 bits per heavy atom. The van der Waals surface area contributed by atoms with Gasteiger partial charge >= 0.3 is 13.2 Å². The fourth-order valence-electron chi connectivity index (χ4n) is 3.09. The van der Waals surface area contributed by atoms with Crippen LogP contribution < -0.4 is 10.3 Å². The standard InChI is InChI=1S/C20H20ClN4O3.BF4/c1-13-17(20(26)27-10-9-25-8-7-24(2)12-25)18(16(11-22)19(23)28-13)14-3-5-15(21)6-4-14;2-1(3,4)5/h3-8,12,18H,9-10,23H2,1-2H3;/q+1;-1. The largest absolute Gasteiger partial charge is 0.673 e. The quantitative estimate of drug-likeness (QED) is 0.302. The van der Waals surface area contributed by atoms with Crippen molar-refractivity contribution in [2.75, 3.05) is 6.61 Å². The highest BCUT2D eigenvalue weighted by Crippen LogP contribution is 2.39. The highest BCUT2D eigenvalue weighted by Gasteiger charge is 2.36. The van der Waals surface area contributed by atoms with Gasteiger partial charge in [-0.05, 0) is 24.6 Å². The third-order valence-electron chi connectivity index (χ3n) is 4.44. The van der Waals surface area contributed by atoms with E-state index in [0.29, 0.717) is 22.9 Å². The summed E-state index contributed by atoms with van der Waals surface area (Å²) in [6, 6.07) is 8.95. The summed E-state index contributed by atoms with van der Waals surface area (Å²) >= 11 is 5.97. The number of ether oxygens (including phenoxy) is 2. The maximum atomic E-state index is 12.8. The van der Waals surface area contributed by atoms with Gasteiger partial charge < -0.3 is 32.5 Å². The second-order valence-corrected chi connectivity index (χ2v) is 7.33. The van der Waals surface area contributed by atoms with Crippen LogP contribution in [-0.4, -0.2) is 24.4 Å². The predicted octanol–water partition coefficient (Wildman–Crippen LogP) is 3.59. The molecular formula is C20H20BClF4N4O3. The first-order valence-electron chi connectivity index (χ1n) is 9.50. The fourth-order valence-corrected chi connectivity index (χ4v) is 3.22. The van der Waals surface area contributed by atoms with E-state index in [-0.39, 0.29) is 23.6 Å². The van der Waals surface area contributed by atoms with Gasteiger partial charge in [0.15, 0.2) is 0 Å². The number of carbonyl (C=O) groups excluding carboxylic acids is 1. The van der Waals surface area contributed by atoms with Gasteiger partial charge in [0.1, 0.15) is 42.9 Å². The Morgan fingerprint density at radius 2 is 1.94 bits per heavy atom. The number of nitriles is 1. The van der Waals surface area contributed by atoms with Crippen LogP contribution in [-0.2, 0) is 27.9 Å². The number of halogens is 5. The lowest BCUT2D eigenvalue weighted by Crippen LogP contribution is -2.26. The lowest BCUT2D eigenvalue weighted by molar-refractivity contribution is -0.671. The van der Waals surface area contributed by atoms with Gasteiger partial charge in [0.25, 0.3) is 0 Å². The first kappa shape index (κ1) is 25.8. The van der Waals surface area contributed by atoms with Crippen molar-refractivity contribution in [1.82, 2.24) is 4.57 Å². The normalized spacial score (nSPS) is 15.9. The van der Waals surface area contributed by atoms with Crippen LogP contribution in [0.25, 0.3) is 0 Å². The van der Waals surface area contributed by atoms with E-state index >= 15 is 0 Å². The van der Waals surface area contributed by atoms with Gasteiger partial charge in [-0.1, -0.05) is 23.7 Å². The molecule has 33 heavy (non-hydrogen) atoms.